The lowest BCUT2D eigenvalue weighted by atomic mass is 10.1. The molecule has 2 amide bonds. The summed E-state index contributed by atoms with van der Waals surface area (Å²) >= 11 is 0. The van der Waals surface area contributed by atoms with Gasteiger partial charge in [0, 0.05) is 13.2 Å². The monoisotopic (exact) mass is 365 g/mol. The number of amides is 2. The van der Waals surface area contributed by atoms with Crippen molar-refractivity contribution in [1.82, 2.24) is 15.2 Å². The fraction of sp³-hybridized carbons (Fsp3) is 0.238. The quantitative estimate of drug-likeness (QED) is 0.683. The fourth-order valence-corrected chi connectivity index (χ4v) is 2.60. The van der Waals surface area contributed by atoms with E-state index in [0.29, 0.717) is 13.2 Å². The van der Waals surface area contributed by atoms with Gasteiger partial charge in [-0.3, -0.25) is 4.98 Å². The van der Waals surface area contributed by atoms with Crippen LogP contribution in [0.25, 0.3) is 0 Å². The summed E-state index contributed by atoms with van der Waals surface area (Å²) in [6.07, 6.45) is 3.34. The third kappa shape index (κ3) is 5.34. The molecule has 6 heteroatoms. The molecule has 0 saturated carbocycles. The second-order valence-corrected chi connectivity index (χ2v) is 6.29. The van der Waals surface area contributed by atoms with Crippen molar-refractivity contribution in [3.8, 4) is 5.75 Å². The molecule has 2 heterocycles. The van der Waals surface area contributed by atoms with Crippen molar-refractivity contribution < 1.29 is 13.9 Å². The maximum absolute atomic E-state index is 12.4. The van der Waals surface area contributed by atoms with Crippen molar-refractivity contribution in [3.05, 3.63) is 84.1 Å². The van der Waals surface area contributed by atoms with Crippen LogP contribution >= 0.6 is 0 Å². The number of aromatic nitrogens is 1. The molecule has 2 aromatic heterocycles. The summed E-state index contributed by atoms with van der Waals surface area (Å²) < 4.78 is 11.1. The number of nitrogens with one attached hydrogen (secondary N) is 1. The predicted octanol–water partition coefficient (Wildman–Crippen LogP) is 4.16. The molecule has 0 radical (unpaired) electrons. The number of pyridine rings is 1. The highest BCUT2D eigenvalue weighted by atomic mass is 16.5. The highest BCUT2D eigenvalue weighted by Crippen LogP contribution is 2.20. The van der Waals surface area contributed by atoms with E-state index in [-0.39, 0.29) is 12.1 Å². The van der Waals surface area contributed by atoms with Gasteiger partial charge in [0.15, 0.2) is 0 Å². The average molecular weight is 365 g/mol. The van der Waals surface area contributed by atoms with E-state index < -0.39 is 0 Å². The van der Waals surface area contributed by atoms with Crippen LogP contribution in [0.2, 0.25) is 0 Å². The molecular formula is C21H23N3O3. The lowest BCUT2D eigenvalue weighted by Gasteiger charge is -2.21. The summed E-state index contributed by atoms with van der Waals surface area (Å²) in [5, 5.41) is 2.99. The number of benzene rings is 1. The van der Waals surface area contributed by atoms with E-state index in [9.17, 15) is 4.79 Å². The summed E-state index contributed by atoms with van der Waals surface area (Å²) in [4.78, 5) is 18.2. The lowest BCUT2D eigenvalue weighted by molar-refractivity contribution is 0.199. The Morgan fingerprint density at radius 3 is 2.85 bits per heavy atom. The SMILES string of the molecule is C[C@H](NC(=O)N(C)Cc1ccco1)c1cccc(OCc2ccccn2)c1. The highest BCUT2D eigenvalue weighted by molar-refractivity contribution is 5.74. The standard InChI is InChI=1S/C21H23N3O3/c1-16(23-21(25)24(2)14-20-10-6-12-26-20)17-7-5-9-19(13-17)27-15-18-8-3-4-11-22-18/h3-13,16H,14-15H2,1-2H3,(H,23,25)/t16-/m0/s1. The predicted molar refractivity (Wildman–Crippen MR) is 102 cm³/mol. The van der Waals surface area contributed by atoms with Crippen LogP contribution < -0.4 is 10.1 Å². The fourth-order valence-electron chi connectivity index (χ4n) is 2.60. The van der Waals surface area contributed by atoms with E-state index in [0.717, 1.165) is 22.8 Å². The van der Waals surface area contributed by atoms with Gasteiger partial charge < -0.3 is 19.4 Å². The van der Waals surface area contributed by atoms with Gasteiger partial charge in [-0.2, -0.15) is 0 Å². The molecule has 0 bridgehead atoms. The molecule has 0 aliphatic carbocycles. The number of rotatable bonds is 7. The van der Waals surface area contributed by atoms with E-state index >= 15 is 0 Å². The maximum Gasteiger partial charge on any atom is 0.318 e. The third-order valence-electron chi connectivity index (χ3n) is 4.13. The average Bonchev–Trinajstić information content (AvgIpc) is 3.20. The van der Waals surface area contributed by atoms with Crippen LogP contribution in [-0.2, 0) is 13.2 Å². The van der Waals surface area contributed by atoms with Gasteiger partial charge in [0.25, 0.3) is 0 Å². The van der Waals surface area contributed by atoms with Crippen LogP contribution in [0.3, 0.4) is 0 Å². The zero-order valence-electron chi connectivity index (χ0n) is 15.5. The van der Waals surface area contributed by atoms with Gasteiger partial charge >= 0.3 is 6.03 Å². The Morgan fingerprint density at radius 2 is 2.11 bits per heavy atom. The van der Waals surface area contributed by atoms with Crippen LogP contribution in [0.15, 0.2) is 71.5 Å². The van der Waals surface area contributed by atoms with Crippen molar-refractivity contribution in [2.24, 2.45) is 0 Å². The maximum atomic E-state index is 12.4. The van der Waals surface area contributed by atoms with E-state index in [1.807, 2.05) is 55.5 Å². The highest BCUT2D eigenvalue weighted by Gasteiger charge is 2.15. The molecule has 0 fully saturated rings. The molecule has 6 nitrogen and oxygen atoms in total. The zero-order chi connectivity index (χ0) is 19.1. The first-order valence-corrected chi connectivity index (χ1v) is 8.78. The molecule has 1 N–H and O–H groups in total. The summed E-state index contributed by atoms with van der Waals surface area (Å²) in [5.74, 6) is 1.48. The molecule has 0 unspecified atom stereocenters. The number of ether oxygens (including phenoxy) is 1. The Morgan fingerprint density at radius 1 is 1.22 bits per heavy atom. The van der Waals surface area contributed by atoms with Gasteiger partial charge in [0.05, 0.1) is 24.5 Å². The number of hydrogen-bond acceptors (Lipinski definition) is 4. The summed E-state index contributed by atoms with van der Waals surface area (Å²) in [7, 11) is 1.73. The minimum Gasteiger partial charge on any atom is -0.487 e. The summed E-state index contributed by atoms with van der Waals surface area (Å²) in [6.45, 7) is 2.76. The van der Waals surface area contributed by atoms with Gasteiger partial charge in [-0.25, -0.2) is 4.79 Å². The number of hydrogen-bond donors (Lipinski definition) is 1. The van der Waals surface area contributed by atoms with Gasteiger partial charge in [0.2, 0.25) is 0 Å². The normalized spacial score (nSPS) is 11.6. The molecule has 3 rings (SSSR count). The minimum atomic E-state index is -0.168. The first-order chi connectivity index (χ1) is 13.1. The Kier molecular flexibility index (Phi) is 6.10. The van der Waals surface area contributed by atoms with Crippen molar-refractivity contribution in [3.63, 3.8) is 0 Å². The van der Waals surface area contributed by atoms with E-state index in [2.05, 4.69) is 10.3 Å². The molecule has 0 saturated heterocycles. The minimum absolute atomic E-state index is 0.157. The smallest absolute Gasteiger partial charge is 0.318 e. The Bertz CT molecular complexity index is 850. The topological polar surface area (TPSA) is 67.6 Å². The molecule has 0 aliphatic rings. The number of nitrogens with zero attached hydrogens (tertiary/aromatic N) is 2. The van der Waals surface area contributed by atoms with Crippen molar-refractivity contribution >= 4 is 6.03 Å². The third-order valence-corrected chi connectivity index (χ3v) is 4.13. The molecule has 0 spiro atoms. The van der Waals surface area contributed by atoms with Crippen molar-refractivity contribution in [2.75, 3.05) is 7.05 Å². The van der Waals surface area contributed by atoms with Gasteiger partial charge in [-0.05, 0) is 48.9 Å². The van der Waals surface area contributed by atoms with E-state index in [1.165, 1.54) is 0 Å². The van der Waals surface area contributed by atoms with Gasteiger partial charge in [-0.1, -0.05) is 18.2 Å². The largest absolute Gasteiger partial charge is 0.487 e. The van der Waals surface area contributed by atoms with Crippen LogP contribution in [0.4, 0.5) is 4.79 Å². The lowest BCUT2D eigenvalue weighted by Crippen LogP contribution is -2.38. The number of carbonyl (C=O) groups is 1. The van der Waals surface area contributed by atoms with Gasteiger partial charge in [-0.15, -0.1) is 0 Å². The van der Waals surface area contributed by atoms with Crippen molar-refractivity contribution in [1.29, 1.82) is 0 Å². The molecule has 140 valence electrons. The summed E-state index contributed by atoms with van der Waals surface area (Å²) in [5.41, 5.74) is 1.83. The molecule has 27 heavy (non-hydrogen) atoms. The first-order valence-electron chi connectivity index (χ1n) is 8.78. The van der Waals surface area contributed by atoms with Gasteiger partial charge in [0.1, 0.15) is 18.1 Å². The first kappa shape index (κ1) is 18.5. The molecule has 3 aromatic rings. The number of urea groups is 1. The molecule has 0 aliphatic heterocycles. The Balaban J connectivity index is 1.56. The van der Waals surface area contributed by atoms with E-state index in [4.69, 9.17) is 9.15 Å². The van der Waals surface area contributed by atoms with Crippen LogP contribution in [0, 0.1) is 0 Å². The summed E-state index contributed by atoms with van der Waals surface area (Å²) in [6, 6.07) is 16.7. The van der Waals surface area contributed by atoms with E-state index in [1.54, 1.807) is 30.5 Å². The zero-order valence-corrected chi connectivity index (χ0v) is 15.5. The second kappa shape index (κ2) is 8.89. The van der Waals surface area contributed by atoms with Crippen LogP contribution in [0.1, 0.15) is 30.0 Å². The molecule has 1 atom stereocenters. The van der Waals surface area contributed by atoms with Crippen LogP contribution in [-0.4, -0.2) is 23.0 Å². The van der Waals surface area contributed by atoms with Crippen molar-refractivity contribution in [2.45, 2.75) is 26.1 Å². The Hall–Kier alpha value is -3.28. The number of furan rings is 1. The molecule has 1 aromatic carbocycles. The Labute approximate surface area is 158 Å². The second-order valence-electron chi connectivity index (χ2n) is 6.29. The molecular weight excluding hydrogens is 342 g/mol. The number of carbonyl (C=O) groups excluding carboxylic acids is 1. The van der Waals surface area contributed by atoms with Crippen LogP contribution in [0.5, 0.6) is 5.75 Å².